The number of hydrogen-bond acceptors (Lipinski definition) is 2. The fourth-order valence-corrected chi connectivity index (χ4v) is 2.06. The van der Waals surface area contributed by atoms with Gasteiger partial charge >= 0.3 is 6.03 Å². The summed E-state index contributed by atoms with van der Waals surface area (Å²) in [6.45, 7) is 11.9. The van der Waals surface area contributed by atoms with Gasteiger partial charge < -0.3 is 15.0 Å². The molecule has 4 heteroatoms. The van der Waals surface area contributed by atoms with Crippen molar-refractivity contribution in [3.05, 3.63) is 0 Å². The molecule has 0 saturated carbocycles. The molecule has 0 aliphatic carbocycles. The van der Waals surface area contributed by atoms with E-state index < -0.39 is 0 Å². The molecule has 112 valence electrons. The summed E-state index contributed by atoms with van der Waals surface area (Å²) in [6.07, 6.45) is 3.06. The first-order valence-corrected chi connectivity index (χ1v) is 7.62. The highest BCUT2D eigenvalue weighted by molar-refractivity contribution is 5.74. The van der Waals surface area contributed by atoms with E-state index in [1.54, 1.807) is 0 Å². The Bertz CT molecular complexity index is 249. The molecule has 1 rings (SSSR count). The predicted molar refractivity (Wildman–Crippen MR) is 78.2 cm³/mol. The van der Waals surface area contributed by atoms with Gasteiger partial charge in [-0.25, -0.2) is 4.79 Å². The zero-order chi connectivity index (χ0) is 14.3. The Labute approximate surface area is 117 Å². The van der Waals surface area contributed by atoms with Crippen LogP contribution in [0.2, 0.25) is 0 Å². The summed E-state index contributed by atoms with van der Waals surface area (Å²) in [6, 6.07) is 0.282. The maximum atomic E-state index is 12.3. The van der Waals surface area contributed by atoms with Crippen molar-refractivity contribution in [2.45, 2.75) is 53.0 Å². The minimum Gasteiger partial charge on any atom is -0.379 e. The summed E-state index contributed by atoms with van der Waals surface area (Å²) < 4.78 is 5.30. The van der Waals surface area contributed by atoms with Gasteiger partial charge in [-0.05, 0) is 31.1 Å². The molecule has 0 aromatic heterocycles. The molecule has 1 aliphatic heterocycles. The van der Waals surface area contributed by atoms with Crippen molar-refractivity contribution in [1.82, 2.24) is 10.2 Å². The van der Waals surface area contributed by atoms with Crippen LogP contribution in [0, 0.1) is 11.8 Å². The van der Waals surface area contributed by atoms with Gasteiger partial charge in [-0.3, -0.25) is 0 Å². The Morgan fingerprint density at radius 3 is 2.21 bits per heavy atom. The van der Waals surface area contributed by atoms with Gasteiger partial charge in [0.2, 0.25) is 0 Å². The van der Waals surface area contributed by atoms with Gasteiger partial charge in [-0.1, -0.05) is 27.7 Å². The molecule has 2 amide bonds. The quantitative estimate of drug-likeness (QED) is 0.773. The van der Waals surface area contributed by atoms with Crippen LogP contribution in [0.3, 0.4) is 0 Å². The lowest BCUT2D eigenvalue weighted by atomic mass is 10.1. The Kier molecular flexibility index (Phi) is 7.21. The molecule has 1 unspecified atom stereocenters. The maximum Gasteiger partial charge on any atom is 0.317 e. The number of ether oxygens (including phenoxy) is 1. The fourth-order valence-electron chi connectivity index (χ4n) is 2.06. The molecule has 0 radical (unpaired) electrons. The van der Waals surface area contributed by atoms with Crippen LogP contribution in [-0.4, -0.2) is 43.3 Å². The molecule has 4 nitrogen and oxygen atoms in total. The molecular formula is C15H30N2O2. The van der Waals surface area contributed by atoms with Gasteiger partial charge in [0.05, 0.1) is 12.6 Å². The Morgan fingerprint density at radius 2 is 1.79 bits per heavy atom. The van der Waals surface area contributed by atoms with Crippen molar-refractivity contribution in [3.8, 4) is 0 Å². The SMILES string of the molecule is CC(C)CCN(CCC(C)C)C(=O)NC1CCOC1. The van der Waals surface area contributed by atoms with Crippen LogP contribution < -0.4 is 5.32 Å². The highest BCUT2D eigenvalue weighted by atomic mass is 16.5. The zero-order valence-electron chi connectivity index (χ0n) is 12.9. The van der Waals surface area contributed by atoms with Gasteiger partial charge in [0.15, 0.2) is 0 Å². The lowest BCUT2D eigenvalue weighted by Crippen LogP contribution is -2.46. The van der Waals surface area contributed by atoms with Gasteiger partial charge in [0.1, 0.15) is 0 Å². The van der Waals surface area contributed by atoms with E-state index in [0.717, 1.165) is 39.0 Å². The third-order valence-corrected chi connectivity index (χ3v) is 3.50. The summed E-state index contributed by atoms with van der Waals surface area (Å²) in [5.74, 6) is 1.26. The lowest BCUT2D eigenvalue weighted by Gasteiger charge is -2.26. The number of amides is 2. The molecule has 1 heterocycles. The second-order valence-corrected chi connectivity index (χ2v) is 6.36. The highest BCUT2D eigenvalue weighted by Crippen LogP contribution is 2.09. The van der Waals surface area contributed by atoms with Crippen molar-refractivity contribution in [3.63, 3.8) is 0 Å². The summed E-state index contributed by atoms with van der Waals surface area (Å²) in [5, 5.41) is 3.09. The van der Waals surface area contributed by atoms with Crippen LogP contribution in [0.25, 0.3) is 0 Å². The van der Waals surface area contributed by atoms with Crippen molar-refractivity contribution in [2.75, 3.05) is 26.3 Å². The third-order valence-electron chi connectivity index (χ3n) is 3.50. The summed E-state index contributed by atoms with van der Waals surface area (Å²) in [7, 11) is 0. The van der Waals surface area contributed by atoms with E-state index in [1.165, 1.54) is 0 Å². The molecule has 1 fully saturated rings. The second kappa shape index (κ2) is 8.41. The lowest BCUT2D eigenvalue weighted by molar-refractivity contribution is 0.174. The van der Waals surface area contributed by atoms with E-state index in [-0.39, 0.29) is 12.1 Å². The van der Waals surface area contributed by atoms with Gasteiger partial charge in [-0.15, -0.1) is 0 Å². The van der Waals surface area contributed by atoms with E-state index in [4.69, 9.17) is 4.74 Å². The van der Waals surface area contributed by atoms with E-state index >= 15 is 0 Å². The largest absolute Gasteiger partial charge is 0.379 e. The molecule has 0 aromatic rings. The third kappa shape index (κ3) is 6.81. The first-order chi connectivity index (χ1) is 8.99. The molecule has 1 N–H and O–H groups in total. The number of urea groups is 1. The van der Waals surface area contributed by atoms with Crippen molar-refractivity contribution >= 4 is 6.03 Å². The molecule has 0 aromatic carbocycles. The number of nitrogens with one attached hydrogen (secondary N) is 1. The van der Waals surface area contributed by atoms with Gasteiger partial charge in [0.25, 0.3) is 0 Å². The summed E-state index contributed by atoms with van der Waals surface area (Å²) in [4.78, 5) is 14.3. The number of rotatable bonds is 7. The topological polar surface area (TPSA) is 41.6 Å². The molecule has 1 atom stereocenters. The molecule has 0 spiro atoms. The predicted octanol–water partition coefficient (Wildman–Crippen LogP) is 2.88. The summed E-state index contributed by atoms with van der Waals surface area (Å²) in [5.41, 5.74) is 0. The van der Waals surface area contributed by atoms with Gasteiger partial charge in [0, 0.05) is 19.7 Å². The van der Waals surface area contributed by atoms with Crippen molar-refractivity contribution < 1.29 is 9.53 Å². The maximum absolute atomic E-state index is 12.3. The Hall–Kier alpha value is -0.770. The average molecular weight is 270 g/mol. The van der Waals surface area contributed by atoms with Crippen LogP contribution in [0.15, 0.2) is 0 Å². The summed E-state index contributed by atoms with van der Waals surface area (Å²) >= 11 is 0. The van der Waals surface area contributed by atoms with Crippen LogP contribution in [-0.2, 0) is 4.74 Å². The minimum absolute atomic E-state index is 0.0804. The molecule has 1 saturated heterocycles. The smallest absolute Gasteiger partial charge is 0.317 e. The Morgan fingerprint density at radius 1 is 1.21 bits per heavy atom. The zero-order valence-corrected chi connectivity index (χ0v) is 12.9. The monoisotopic (exact) mass is 270 g/mol. The first-order valence-electron chi connectivity index (χ1n) is 7.62. The molecule has 0 bridgehead atoms. The van der Waals surface area contributed by atoms with Crippen molar-refractivity contribution in [1.29, 1.82) is 0 Å². The van der Waals surface area contributed by atoms with Gasteiger partial charge in [-0.2, -0.15) is 0 Å². The van der Waals surface area contributed by atoms with Crippen LogP contribution in [0.1, 0.15) is 47.0 Å². The number of nitrogens with zero attached hydrogens (tertiary/aromatic N) is 1. The van der Waals surface area contributed by atoms with Crippen molar-refractivity contribution in [2.24, 2.45) is 11.8 Å². The Balaban J connectivity index is 2.42. The fraction of sp³-hybridized carbons (Fsp3) is 0.933. The normalized spacial score (nSPS) is 19.2. The van der Waals surface area contributed by atoms with Crippen LogP contribution in [0.5, 0.6) is 0 Å². The first kappa shape index (κ1) is 16.3. The van der Waals surface area contributed by atoms with Crippen LogP contribution in [0.4, 0.5) is 4.79 Å². The van der Waals surface area contributed by atoms with E-state index in [0.29, 0.717) is 18.4 Å². The van der Waals surface area contributed by atoms with E-state index in [2.05, 4.69) is 33.0 Å². The second-order valence-electron chi connectivity index (χ2n) is 6.36. The number of hydrogen-bond donors (Lipinski definition) is 1. The number of carbonyl (C=O) groups is 1. The van der Waals surface area contributed by atoms with E-state index in [1.807, 2.05) is 4.90 Å². The molecule has 1 aliphatic rings. The minimum atomic E-state index is 0.0804. The molecular weight excluding hydrogens is 240 g/mol. The van der Waals surface area contributed by atoms with Crippen LogP contribution >= 0.6 is 0 Å². The highest BCUT2D eigenvalue weighted by Gasteiger charge is 2.21. The van der Waals surface area contributed by atoms with E-state index in [9.17, 15) is 4.79 Å². The number of carbonyl (C=O) groups excluding carboxylic acids is 1. The standard InChI is InChI=1S/C15H30N2O2/c1-12(2)5-8-17(9-6-13(3)4)15(18)16-14-7-10-19-11-14/h12-14H,5-11H2,1-4H3,(H,16,18). The average Bonchev–Trinajstić information content (AvgIpc) is 2.80. The molecule has 19 heavy (non-hydrogen) atoms.